The average molecular weight is 375 g/mol. The highest BCUT2D eigenvalue weighted by Gasteiger charge is 2.22. The Morgan fingerprint density at radius 1 is 1.24 bits per heavy atom. The molecule has 0 N–H and O–H groups in total. The fraction of sp³-hybridized carbons (Fsp3) is 0.222. The van der Waals surface area contributed by atoms with Crippen molar-refractivity contribution in [2.45, 2.75) is 6.42 Å². The maximum Gasteiger partial charge on any atom is 0.259 e. The molecule has 1 aliphatic heterocycles. The Bertz CT molecular complexity index is 924. The van der Waals surface area contributed by atoms with E-state index in [0.717, 1.165) is 16.6 Å². The summed E-state index contributed by atoms with van der Waals surface area (Å²) < 4.78 is 12.3. The Morgan fingerprint density at radius 2 is 2.04 bits per heavy atom. The van der Waals surface area contributed by atoms with Crippen molar-refractivity contribution in [2.24, 2.45) is 0 Å². The third-order valence-corrected chi connectivity index (χ3v) is 5.32. The number of amides is 1. The number of thiazole rings is 1. The number of hydrogen-bond donors (Lipinski definition) is 0. The van der Waals surface area contributed by atoms with Crippen LogP contribution in [0, 0.1) is 0 Å². The lowest BCUT2D eigenvalue weighted by Gasteiger charge is -2.16. The zero-order chi connectivity index (χ0) is 17.4. The van der Waals surface area contributed by atoms with Crippen molar-refractivity contribution in [3.63, 3.8) is 0 Å². The van der Waals surface area contributed by atoms with Gasteiger partial charge in [-0.1, -0.05) is 35.1 Å². The summed E-state index contributed by atoms with van der Waals surface area (Å²) in [7, 11) is 1.71. The number of benzene rings is 2. The van der Waals surface area contributed by atoms with Gasteiger partial charge in [0.05, 0.1) is 28.5 Å². The lowest BCUT2D eigenvalue weighted by atomic mass is 10.2. The van der Waals surface area contributed by atoms with Crippen LogP contribution in [0.4, 0.5) is 5.13 Å². The Kier molecular flexibility index (Phi) is 4.23. The first-order chi connectivity index (χ1) is 12.1. The second-order valence-corrected chi connectivity index (χ2v) is 7.08. The average Bonchev–Trinajstić information content (AvgIpc) is 2.91. The molecular weight excluding hydrogens is 360 g/mol. The molecule has 4 rings (SSSR count). The van der Waals surface area contributed by atoms with Gasteiger partial charge in [0.25, 0.3) is 5.91 Å². The van der Waals surface area contributed by atoms with E-state index >= 15 is 0 Å². The van der Waals surface area contributed by atoms with Gasteiger partial charge in [-0.05, 0) is 24.3 Å². The molecule has 7 heteroatoms. The number of anilines is 1. The molecule has 1 aliphatic rings. The molecule has 0 radical (unpaired) electrons. The molecule has 3 aromatic rings. The van der Waals surface area contributed by atoms with Gasteiger partial charge in [-0.3, -0.25) is 9.69 Å². The Morgan fingerprint density at radius 3 is 2.88 bits per heavy atom. The minimum atomic E-state index is -0.198. The van der Waals surface area contributed by atoms with Gasteiger partial charge in [0.2, 0.25) is 0 Å². The van der Waals surface area contributed by atoms with E-state index in [0.29, 0.717) is 40.4 Å². The van der Waals surface area contributed by atoms with Crippen molar-refractivity contribution < 1.29 is 14.3 Å². The molecule has 2 aromatic carbocycles. The molecule has 0 bridgehead atoms. The van der Waals surface area contributed by atoms with Crippen LogP contribution in [0.25, 0.3) is 10.2 Å². The minimum absolute atomic E-state index is 0.198. The molecule has 0 fully saturated rings. The van der Waals surface area contributed by atoms with E-state index in [4.69, 9.17) is 21.1 Å². The number of fused-ring (bicyclic) bond motifs is 2. The molecule has 0 unspecified atom stereocenters. The number of aromatic nitrogens is 1. The van der Waals surface area contributed by atoms with E-state index in [1.807, 2.05) is 24.3 Å². The second kappa shape index (κ2) is 6.54. The number of ether oxygens (including phenoxy) is 2. The number of carbonyl (C=O) groups is 1. The van der Waals surface area contributed by atoms with E-state index in [2.05, 4.69) is 4.98 Å². The van der Waals surface area contributed by atoms with Crippen LogP contribution in [-0.2, 0) is 0 Å². The van der Waals surface area contributed by atoms with Crippen LogP contribution in [-0.4, -0.2) is 31.2 Å². The summed E-state index contributed by atoms with van der Waals surface area (Å²) in [4.78, 5) is 18.9. The van der Waals surface area contributed by atoms with Gasteiger partial charge >= 0.3 is 0 Å². The van der Waals surface area contributed by atoms with Gasteiger partial charge < -0.3 is 9.47 Å². The van der Waals surface area contributed by atoms with Crippen molar-refractivity contribution >= 4 is 44.2 Å². The maximum absolute atomic E-state index is 12.9. The molecule has 0 aliphatic carbocycles. The summed E-state index contributed by atoms with van der Waals surface area (Å²) >= 11 is 7.76. The zero-order valence-electron chi connectivity index (χ0n) is 13.5. The third-order valence-electron chi connectivity index (χ3n) is 3.92. The highest BCUT2D eigenvalue weighted by atomic mass is 35.5. The van der Waals surface area contributed by atoms with Gasteiger partial charge in [-0.2, -0.15) is 0 Å². The topological polar surface area (TPSA) is 51.7 Å². The molecule has 2 heterocycles. The lowest BCUT2D eigenvalue weighted by molar-refractivity contribution is 0.0992. The SMILES string of the molecule is CN(C(=O)c1cc(Cl)c2c(c1)OCCCO2)c1nc2ccccc2s1. The molecule has 1 aromatic heterocycles. The van der Waals surface area contributed by atoms with Crippen LogP contribution in [0.2, 0.25) is 5.02 Å². The number of halogens is 1. The minimum Gasteiger partial charge on any atom is -0.489 e. The fourth-order valence-corrected chi connectivity index (χ4v) is 3.83. The maximum atomic E-state index is 12.9. The van der Waals surface area contributed by atoms with Crippen molar-refractivity contribution in [2.75, 3.05) is 25.2 Å². The number of rotatable bonds is 2. The van der Waals surface area contributed by atoms with E-state index < -0.39 is 0 Å². The Labute approximate surface area is 153 Å². The van der Waals surface area contributed by atoms with Crippen molar-refractivity contribution in [3.05, 3.63) is 47.0 Å². The predicted octanol–water partition coefficient (Wildman–Crippen LogP) is 4.39. The second-order valence-electron chi connectivity index (χ2n) is 5.66. The van der Waals surface area contributed by atoms with E-state index in [9.17, 15) is 4.79 Å². The van der Waals surface area contributed by atoms with Crippen LogP contribution >= 0.6 is 22.9 Å². The highest BCUT2D eigenvalue weighted by Crippen LogP contribution is 2.38. The van der Waals surface area contributed by atoms with Crippen LogP contribution in [0.15, 0.2) is 36.4 Å². The van der Waals surface area contributed by atoms with Crippen molar-refractivity contribution in [1.82, 2.24) is 4.98 Å². The molecule has 0 saturated heterocycles. The predicted molar refractivity (Wildman–Crippen MR) is 99.4 cm³/mol. The first kappa shape index (κ1) is 16.2. The van der Waals surface area contributed by atoms with Gasteiger partial charge in [-0.25, -0.2) is 4.98 Å². The molecule has 1 amide bonds. The first-order valence-corrected chi connectivity index (χ1v) is 9.06. The summed E-state index contributed by atoms with van der Waals surface area (Å²) in [6, 6.07) is 11.1. The number of hydrogen-bond acceptors (Lipinski definition) is 5. The highest BCUT2D eigenvalue weighted by molar-refractivity contribution is 7.22. The molecule has 5 nitrogen and oxygen atoms in total. The lowest BCUT2D eigenvalue weighted by Crippen LogP contribution is -2.26. The zero-order valence-corrected chi connectivity index (χ0v) is 15.1. The molecular formula is C18H15ClN2O3S. The monoisotopic (exact) mass is 374 g/mol. The number of nitrogens with zero attached hydrogens (tertiary/aromatic N) is 2. The Hall–Kier alpha value is -2.31. The number of para-hydroxylation sites is 1. The smallest absolute Gasteiger partial charge is 0.259 e. The normalized spacial score (nSPS) is 13.5. The van der Waals surface area contributed by atoms with Crippen molar-refractivity contribution in [1.29, 1.82) is 0 Å². The van der Waals surface area contributed by atoms with E-state index in [-0.39, 0.29) is 5.91 Å². The Balaban J connectivity index is 1.68. The van der Waals surface area contributed by atoms with Gasteiger partial charge in [-0.15, -0.1) is 0 Å². The van der Waals surface area contributed by atoms with Gasteiger partial charge in [0, 0.05) is 19.0 Å². The third kappa shape index (κ3) is 3.03. The molecule has 128 valence electrons. The van der Waals surface area contributed by atoms with Crippen LogP contribution in [0.3, 0.4) is 0 Å². The van der Waals surface area contributed by atoms with E-state index in [1.54, 1.807) is 19.2 Å². The van der Waals surface area contributed by atoms with Gasteiger partial charge in [0.15, 0.2) is 16.6 Å². The summed E-state index contributed by atoms with van der Waals surface area (Å²) in [5.41, 5.74) is 1.31. The number of carbonyl (C=O) groups excluding carboxylic acids is 1. The standard InChI is InChI=1S/C18H15ClN2O3S/c1-21(18-20-13-5-2-3-6-15(13)25-18)17(22)11-9-12(19)16-14(10-11)23-7-4-8-24-16/h2-3,5-6,9-10H,4,7-8H2,1H3. The van der Waals surface area contributed by atoms with Crippen LogP contribution in [0.1, 0.15) is 16.8 Å². The molecule has 0 spiro atoms. The summed E-state index contributed by atoms with van der Waals surface area (Å²) in [6.45, 7) is 1.08. The summed E-state index contributed by atoms with van der Waals surface area (Å²) in [5.74, 6) is 0.806. The van der Waals surface area contributed by atoms with Crippen molar-refractivity contribution in [3.8, 4) is 11.5 Å². The molecule has 0 atom stereocenters. The molecule has 0 saturated carbocycles. The largest absolute Gasteiger partial charge is 0.489 e. The van der Waals surface area contributed by atoms with Gasteiger partial charge in [0.1, 0.15) is 0 Å². The van der Waals surface area contributed by atoms with E-state index in [1.165, 1.54) is 16.2 Å². The van der Waals surface area contributed by atoms with Crippen LogP contribution in [0.5, 0.6) is 11.5 Å². The first-order valence-electron chi connectivity index (χ1n) is 7.86. The quantitative estimate of drug-likeness (QED) is 0.667. The molecule has 25 heavy (non-hydrogen) atoms. The summed E-state index contributed by atoms with van der Waals surface area (Å²) in [6.07, 6.45) is 0.778. The fourth-order valence-electron chi connectivity index (χ4n) is 2.64. The van der Waals surface area contributed by atoms with Crippen LogP contribution < -0.4 is 14.4 Å². The summed E-state index contributed by atoms with van der Waals surface area (Å²) in [5, 5.41) is 1.01.